The van der Waals surface area contributed by atoms with Crippen LogP contribution in [-0.4, -0.2) is 23.9 Å². The smallest absolute Gasteiger partial charge is 0.263 e. The molecule has 1 amide bonds. The molecule has 0 radical (unpaired) electrons. The monoisotopic (exact) mass is 223 g/mol. The molecule has 82 valence electrons. The van der Waals surface area contributed by atoms with Gasteiger partial charge in [-0.3, -0.25) is 4.79 Å². The van der Waals surface area contributed by atoms with Crippen LogP contribution >= 0.6 is 11.3 Å². The van der Waals surface area contributed by atoms with E-state index in [1.807, 2.05) is 29.5 Å². The van der Waals surface area contributed by atoms with Crippen molar-refractivity contribution in [1.82, 2.24) is 4.90 Å². The zero-order valence-electron chi connectivity index (χ0n) is 9.11. The molecule has 3 heteroatoms. The Morgan fingerprint density at radius 2 is 2.13 bits per heavy atom. The van der Waals surface area contributed by atoms with Crippen molar-refractivity contribution in [2.75, 3.05) is 7.05 Å². The van der Waals surface area contributed by atoms with Crippen LogP contribution in [0.2, 0.25) is 0 Å². The first kappa shape index (κ1) is 10.7. The number of rotatable bonds is 2. The number of carbonyl (C=O) groups is 1. The van der Waals surface area contributed by atoms with Crippen LogP contribution in [0.25, 0.3) is 0 Å². The van der Waals surface area contributed by atoms with E-state index in [1.54, 1.807) is 0 Å². The number of nitrogens with zero attached hydrogens (tertiary/aromatic N) is 1. The molecule has 1 saturated carbocycles. The van der Waals surface area contributed by atoms with E-state index in [0.717, 1.165) is 4.88 Å². The van der Waals surface area contributed by atoms with Gasteiger partial charge in [0.05, 0.1) is 4.88 Å². The van der Waals surface area contributed by atoms with Gasteiger partial charge in [0.2, 0.25) is 0 Å². The molecule has 0 atom stereocenters. The second-order valence-electron chi connectivity index (χ2n) is 4.19. The highest BCUT2D eigenvalue weighted by molar-refractivity contribution is 7.12. The molecule has 1 heterocycles. The molecule has 15 heavy (non-hydrogen) atoms. The Morgan fingerprint density at radius 3 is 2.73 bits per heavy atom. The van der Waals surface area contributed by atoms with Gasteiger partial charge in [0, 0.05) is 13.1 Å². The Bertz CT molecular complexity index is 314. The van der Waals surface area contributed by atoms with Crippen molar-refractivity contribution < 1.29 is 4.79 Å². The zero-order chi connectivity index (χ0) is 10.7. The van der Waals surface area contributed by atoms with Crippen LogP contribution in [0, 0.1) is 0 Å². The first-order valence-electron chi connectivity index (χ1n) is 5.59. The molecule has 2 nitrogen and oxygen atoms in total. The first-order valence-corrected chi connectivity index (χ1v) is 6.47. The summed E-state index contributed by atoms with van der Waals surface area (Å²) in [4.78, 5) is 14.8. The van der Waals surface area contributed by atoms with Crippen LogP contribution in [0.3, 0.4) is 0 Å². The summed E-state index contributed by atoms with van der Waals surface area (Å²) in [5.41, 5.74) is 0. The molecule has 1 aliphatic rings. The lowest BCUT2D eigenvalue weighted by molar-refractivity contribution is 0.0701. The van der Waals surface area contributed by atoms with Crippen molar-refractivity contribution in [3.05, 3.63) is 22.4 Å². The Hall–Kier alpha value is -0.830. The molecular formula is C12H17NOS. The summed E-state index contributed by atoms with van der Waals surface area (Å²) >= 11 is 1.53. The van der Waals surface area contributed by atoms with E-state index in [0.29, 0.717) is 6.04 Å². The molecule has 0 spiro atoms. The summed E-state index contributed by atoms with van der Waals surface area (Å²) in [5, 5.41) is 1.96. The van der Waals surface area contributed by atoms with Crippen LogP contribution in [-0.2, 0) is 0 Å². The minimum atomic E-state index is 0.192. The summed E-state index contributed by atoms with van der Waals surface area (Å²) in [6, 6.07) is 4.31. The van der Waals surface area contributed by atoms with Gasteiger partial charge in [0.25, 0.3) is 5.91 Å². The maximum atomic E-state index is 12.0. The molecule has 0 aromatic carbocycles. The Kier molecular flexibility index (Phi) is 3.41. The SMILES string of the molecule is CN(C(=O)c1cccs1)C1CCCCC1. The van der Waals surface area contributed by atoms with Crippen LogP contribution in [0.5, 0.6) is 0 Å². The fourth-order valence-electron chi connectivity index (χ4n) is 2.21. The Balaban J connectivity index is 2.00. The zero-order valence-corrected chi connectivity index (χ0v) is 9.93. The molecule has 0 bridgehead atoms. The van der Waals surface area contributed by atoms with Crippen LogP contribution in [0.15, 0.2) is 17.5 Å². The molecule has 0 unspecified atom stereocenters. The van der Waals surface area contributed by atoms with Crippen LogP contribution in [0.4, 0.5) is 0 Å². The number of amides is 1. The minimum absolute atomic E-state index is 0.192. The van der Waals surface area contributed by atoms with E-state index in [9.17, 15) is 4.79 Å². The average Bonchev–Trinajstić information content (AvgIpc) is 2.82. The largest absolute Gasteiger partial charge is 0.338 e. The second-order valence-corrected chi connectivity index (χ2v) is 5.13. The lowest BCUT2D eigenvalue weighted by Crippen LogP contribution is -2.37. The van der Waals surface area contributed by atoms with Crippen molar-refractivity contribution in [1.29, 1.82) is 0 Å². The van der Waals surface area contributed by atoms with Crippen molar-refractivity contribution >= 4 is 17.2 Å². The van der Waals surface area contributed by atoms with Gasteiger partial charge in [0.1, 0.15) is 0 Å². The molecule has 1 fully saturated rings. The highest BCUT2D eigenvalue weighted by Crippen LogP contribution is 2.23. The Labute approximate surface area is 94.9 Å². The van der Waals surface area contributed by atoms with E-state index in [2.05, 4.69) is 0 Å². The minimum Gasteiger partial charge on any atom is -0.338 e. The maximum absolute atomic E-state index is 12.0. The van der Waals surface area contributed by atoms with Crippen molar-refractivity contribution in [2.24, 2.45) is 0 Å². The van der Waals surface area contributed by atoms with E-state index in [4.69, 9.17) is 0 Å². The van der Waals surface area contributed by atoms with Crippen molar-refractivity contribution in [3.63, 3.8) is 0 Å². The quantitative estimate of drug-likeness (QED) is 0.754. The summed E-state index contributed by atoms with van der Waals surface area (Å²) in [6.45, 7) is 0. The van der Waals surface area contributed by atoms with Gasteiger partial charge in [-0.2, -0.15) is 0 Å². The molecule has 1 aromatic rings. The van der Waals surface area contributed by atoms with E-state index < -0.39 is 0 Å². The van der Waals surface area contributed by atoms with Gasteiger partial charge in [0.15, 0.2) is 0 Å². The fraction of sp³-hybridized carbons (Fsp3) is 0.583. The lowest BCUT2D eigenvalue weighted by Gasteiger charge is -2.30. The topological polar surface area (TPSA) is 20.3 Å². The van der Waals surface area contributed by atoms with Gasteiger partial charge in [-0.25, -0.2) is 0 Å². The number of hydrogen-bond acceptors (Lipinski definition) is 2. The highest BCUT2D eigenvalue weighted by Gasteiger charge is 2.23. The van der Waals surface area contributed by atoms with E-state index >= 15 is 0 Å². The summed E-state index contributed by atoms with van der Waals surface area (Å²) in [5.74, 6) is 0.192. The molecule has 1 aliphatic carbocycles. The van der Waals surface area contributed by atoms with Crippen LogP contribution < -0.4 is 0 Å². The van der Waals surface area contributed by atoms with Gasteiger partial charge in [-0.15, -0.1) is 11.3 Å². The molecule has 0 aliphatic heterocycles. The fourth-order valence-corrected chi connectivity index (χ4v) is 2.91. The van der Waals surface area contributed by atoms with Crippen LogP contribution in [0.1, 0.15) is 41.8 Å². The predicted molar refractivity (Wildman–Crippen MR) is 63.3 cm³/mol. The van der Waals surface area contributed by atoms with Gasteiger partial charge in [-0.05, 0) is 24.3 Å². The molecule has 1 aromatic heterocycles. The summed E-state index contributed by atoms with van der Waals surface area (Å²) in [6.07, 6.45) is 6.22. The molecule has 0 saturated heterocycles. The van der Waals surface area contributed by atoms with Crippen molar-refractivity contribution in [3.8, 4) is 0 Å². The number of carbonyl (C=O) groups excluding carboxylic acids is 1. The van der Waals surface area contributed by atoms with Gasteiger partial charge in [-0.1, -0.05) is 25.3 Å². The third-order valence-electron chi connectivity index (χ3n) is 3.17. The lowest BCUT2D eigenvalue weighted by atomic mass is 9.94. The highest BCUT2D eigenvalue weighted by atomic mass is 32.1. The van der Waals surface area contributed by atoms with Gasteiger partial charge >= 0.3 is 0 Å². The van der Waals surface area contributed by atoms with E-state index in [1.165, 1.54) is 43.4 Å². The summed E-state index contributed by atoms with van der Waals surface area (Å²) in [7, 11) is 1.94. The van der Waals surface area contributed by atoms with Crippen molar-refractivity contribution in [2.45, 2.75) is 38.1 Å². The maximum Gasteiger partial charge on any atom is 0.263 e. The molecule has 0 N–H and O–H groups in total. The summed E-state index contributed by atoms with van der Waals surface area (Å²) < 4.78 is 0. The number of thiophene rings is 1. The molecular weight excluding hydrogens is 206 g/mol. The number of hydrogen-bond donors (Lipinski definition) is 0. The standard InChI is InChI=1S/C12H17NOS/c1-13(10-6-3-2-4-7-10)12(14)11-8-5-9-15-11/h5,8-10H,2-4,6-7H2,1H3. The van der Waals surface area contributed by atoms with Gasteiger partial charge < -0.3 is 4.90 Å². The second kappa shape index (κ2) is 4.79. The first-order chi connectivity index (χ1) is 7.29. The Morgan fingerprint density at radius 1 is 1.40 bits per heavy atom. The normalized spacial score (nSPS) is 17.7. The molecule has 2 rings (SSSR count). The predicted octanol–water partition coefficient (Wildman–Crippen LogP) is 3.15. The third-order valence-corrected chi connectivity index (χ3v) is 4.03. The third kappa shape index (κ3) is 2.40. The average molecular weight is 223 g/mol. The van der Waals surface area contributed by atoms with E-state index in [-0.39, 0.29) is 5.91 Å².